The number of non-ortho nitro benzene ring substituents is 1. The molecular formula is C28H32N3O8-. The van der Waals surface area contributed by atoms with Crippen LogP contribution in [0.4, 0.5) is 5.69 Å². The number of ether oxygens (including phenoxy) is 3. The van der Waals surface area contributed by atoms with E-state index in [1.165, 1.54) is 25.3 Å². The number of carboxylic acid groups (broad SMARTS) is 1. The van der Waals surface area contributed by atoms with E-state index >= 15 is 0 Å². The number of carbonyl (C=O) groups excluding carboxylic acids is 2. The average Bonchev–Trinajstić information content (AvgIpc) is 2.91. The third-order valence-corrected chi connectivity index (χ3v) is 7.60. The van der Waals surface area contributed by atoms with Crippen molar-refractivity contribution in [3.63, 3.8) is 0 Å². The highest BCUT2D eigenvalue weighted by Crippen LogP contribution is 2.50. The Morgan fingerprint density at radius 1 is 1.21 bits per heavy atom. The molecule has 208 valence electrons. The third-order valence-electron chi connectivity index (χ3n) is 7.60. The van der Waals surface area contributed by atoms with Crippen LogP contribution >= 0.6 is 0 Å². The van der Waals surface area contributed by atoms with Crippen LogP contribution in [-0.4, -0.2) is 67.8 Å². The van der Waals surface area contributed by atoms with Gasteiger partial charge in [0.2, 0.25) is 0 Å². The summed E-state index contributed by atoms with van der Waals surface area (Å²) in [4.78, 5) is 39.0. The van der Waals surface area contributed by atoms with Gasteiger partial charge < -0.3 is 34.3 Å². The number of benzene rings is 2. The zero-order valence-electron chi connectivity index (χ0n) is 22.3. The van der Waals surface area contributed by atoms with Gasteiger partial charge in [0.1, 0.15) is 12.7 Å². The number of carboxylic acids is 1. The summed E-state index contributed by atoms with van der Waals surface area (Å²) in [6.07, 6.45) is -0.197. The third kappa shape index (κ3) is 5.40. The van der Waals surface area contributed by atoms with Gasteiger partial charge in [-0.1, -0.05) is 24.3 Å². The molecule has 39 heavy (non-hydrogen) atoms. The zero-order chi connectivity index (χ0) is 28.3. The number of likely N-dealkylation sites (N-methyl/N-ethyl adjacent to an activating group) is 1. The molecule has 2 aromatic carbocycles. The normalized spacial score (nSPS) is 24.2. The number of rotatable bonds is 9. The number of esters is 1. The number of hydrogen-bond acceptors (Lipinski definition) is 10. The summed E-state index contributed by atoms with van der Waals surface area (Å²) in [6.45, 7) is 4.49. The van der Waals surface area contributed by atoms with Crippen molar-refractivity contribution < 1.29 is 33.8 Å². The van der Waals surface area contributed by atoms with E-state index in [0.29, 0.717) is 42.5 Å². The highest BCUT2D eigenvalue weighted by molar-refractivity contribution is 5.94. The Morgan fingerprint density at radius 3 is 2.59 bits per heavy atom. The number of methoxy groups -OCH3 is 1. The average molecular weight is 539 g/mol. The Kier molecular flexibility index (Phi) is 8.10. The van der Waals surface area contributed by atoms with Crippen molar-refractivity contribution in [2.24, 2.45) is 5.41 Å². The summed E-state index contributed by atoms with van der Waals surface area (Å²) in [6, 6.07) is 12.4. The number of hydrogen-bond donors (Lipinski definition) is 1. The van der Waals surface area contributed by atoms with Gasteiger partial charge in [0.05, 0.1) is 23.6 Å². The number of carbonyl (C=O) groups is 2. The van der Waals surface area contributed by atoms with E-state index in [0.717, 1.165) is 0 Å². The Labute approximate surface area is 226 Å². The summed E-state index contributed by atoms with van der Waals surface area (Å²) in [5, 5.41) is 27.7. The van der Waals surface area contributed by atoms with Gasteiger partial charge >= 0.3 is 5.97 Å². The van der Waals surface area contributed by atoms with Crippen LogP contribution in [0.2, 0.25) is 0 Å². The fraction of sp³-hybridized carbons (Fsp3) is 0.429. The zero-order valence-corrected chi connectivity index (χ0v) is 22.3. The SMILES string of the molecule is COC(=O)C1=C(C)NC(C)C(CCN(C)CC2COc3ccccc3O2)(C(=O)[O-])C1c1cccc([N+](=O)[O-])c1. The number of nitrogens with zero attached hydrogens (tertiary/aromatic N) is 2. The first-order valence-corrected chi connectivity index (χ1v) is 12.7. The highest BCUT2D eigenvalue weighted by Gasteiger charge is 2.52. The standard InChI is InChI=1S/C28H33N3O8/c1-17-24(26(32)37-4)25(19-8-7-9-20(14-19)31(35)36)28(27(33)34,18(2)29-17)12-13-30(3)15-21-16-38-22-10-5-6-11-23(22)39-21/h5-11,14,18,21,25,29H,12-13,15-16H2,1-4H3,(H,33,34)/p-1. The molecule has 4 unspecified atom stereocenters. The quantitative estimate of drug-likeness (QED) is 0.286. The first kappa shape index (κ1) is 27.9. The first-order valence-electron chi connectivity index (χ1n) is 12.7. The molecule has 0 saturated heterocycles. The van der Waals surface area contributed by atoms with E-state index in [4.69, 9.17) is 14.2 Å². The van der Waals surface area contributed by atoms with E-state index in [1.807, 2.05) is 36.2 Å². The summed E-state index contributed by atoms with van der Waals surface area (Å²) in [7, 11) is 3.06. The van der Waals surface area contributed by atoms with Crippen molar-refractivity contribution in [3.8, 4) is 11.5 Å². The highest BCUT2D eigenvalue weighted by atomic mass is 16.6. The van der Waals surface area contributed by atoms with Crippen molar-refractivity contribution in [2.45, 2.75) is 38.3 Å². The largest absolute Gasteiger partial charge is 0.549 e. The lowest BCUT2D eigenvalue weighted by Crippen LogP contribution is -2.61. The number of aliphatic carboxylic acids is 1. The topological polar surface area (TPSA) is 143 Å². The van der Waals surface area contributed by atoms with Crippen LogP contribution in [0.25, 0.3) is 0 Å². The molecule has 2 aliphatic heterocycles. The Hall–Kier alpha value is -4.12. The Morgan fingerprint density at radius 2 is 1.92 bits per heavy atom. The molecule has 0 bridgehead atoms. The molecule has 0 radical (unpaired) electrons. The molecule has 0 spiro atoms. The van der Waals surface area contributed by atoms with Crippen molar-refractivity contribution >= 4 is 17.6 Å². The smallest absolute Gasteiger partial charge is 0.336 e. The van der Waals surface area contributed by atoms with E-state index in [2.05, 4.69) is 5.32 Å². The number of fused-ring (bicyclic) bond motifs is 1. The van der Waals surface area contributed by atoms with Crippen LogP contribution < -0.4 is 19.9 Å². The van der Waals surface area contributed by atoms with E-state index in [1.54, 1.807) is 19.9 Å². The number of para-hydroxylation sites is 2. The minimum atomic E-state index is -1.64. The van der Waals surface area contributed by atoms with Crippen molar-refractivity contribution in [1.29, 1.82) is 0 Å². The van der Waals surface area contributed by atoms with Gasteiger partial charge in [-0.2, -0.15) is 0 Å². The number of nitrogens with one attached hydrogen (secondary N) is 1. The van der Waals surface area contributed by atoms with Crippen LogP contribution in [0.15, 0.2) is 59.8 Å². The van der Waals surface area contributed by atoms with Crippen LogP contribution in [0.1, 0.15) is 31.7 Å². The van der Waals surface area contributed by atoms with Crippen molar-refractivity contribution in [3.05, 3.63) is 75.5 Å². The first-order chi connectivity index (χ1) is 18.6. The molecule has 2 heterocycles. The minimum absolute atomic E-state index is 0.0747. The van der Waals surface area contributed by atoms with E-state index in [-0.39, 0.29) is 23.8 Å². The summed E-state index contributed by atoms with van der Waals surface area (Å²) < 4.78 is 16.9. The summed E-state index contributed by atoms with van der Waals surface area (Å²) >= 11 is 0. The lowest BCUT2D eigenvalue weighted by molar-refractivity contribution is -0.385. The molecule has 4 rings (SSSR count). The molecule has 11 heteroatoms. The fourth-order valence-electron chi connectivity index (χ4n) is 5.64. The molecule has 2 aliphatic rings. The molecular weight excluding hydrogens is 506 g/mol. The molecule has 1 N–H and O–H groups in total. The maximum Gasteiger partial charge on any atom is 0.336 e. The second-order valence-corrected chi connectivity index (χ2v) is 10.0. The van der Waals surface area contributed by atoms with Crippen LogP contribution in [0, 0.1) is 15.5 Å². The second-order valence-electron chi connectivity index (χ2n) is 10.0. The Balaban J connectivity index is 1.66. The molecule has 4 atom stereocenters. The number of nitro benzene ring substituents is 1. The van der Waals surface area contributed by atoms with Crippen molar-refractivity contribution in [1.82, 2.24) is 10.2 Å². The second kappa shape index (κ2) is 11.3. The monoisotopic (exact) mass is 538 g/mol. The maximum absolute atomic E-state index is 13.1. The van der Waals surface area contributed by atoms with Gasteiger partial charge in [-0.15, -0.1) is 0 Å². The summed E-state index contributed by atoms with van der Waals surface area (Å²) in [5.41, 5.74) is -0.973. The van der Waals surface area contributed by atoms with Gasteiger partial charge in [-0.05, 0) is 51.6 Å². The maximum atomic E-state index is 13.1. The van der Waals surface area contributed by atoms with Gasteiger partial charge in [0.15, 0.2) is 11.5 Å². The predicted molar refractivity (Wildman–Crippen MR) is 139 cm³/mol. The van der Waals surface area contributed by atoms with Crippen molar-refractivity contribution in [2.75, 3.05) is 33.9 Å². The lowest BCUT2D eigenvalue weighted by atomic mass is 9.60. The van der Waals surface area contributed by atoms with E-state index < -0.39 is 34.2 Å². The van der Waals surface area contributed by atoms with E-state index in [9.17, 15) is 24.8 Å². The van der Waals surface area contributed by atoms with Gasteiger partial charge in [-0.25, -0.2) is 4.79 Å². The molecule has 0 aromatic heterocycles. The van der Waals surface area contributed by atoms with Crippen LogP contribution in [0.3, 0.4) is 0 Å². The Bertz CT molecular complexity index is 1300. The lowest BCUT2D eigenvalue weighted by Gasteiger charge is -2.51. The van der Waals surface area contributed by atoms with Crippen LogP contribution in [0.5, 0.6) is 11.5 Å². The van der Waals surface area contributed by atoms with Gasteiger partial charge in [-0.3, -0.25) is 10.1 Å². The molecule has 0 aliphatic carbocycles. The fourth-order valence-corrected chi connectivity index (χ4v) is 5.64. The number of allylic oxidation sites excluding steroid dienone is 1. The summed E-state index contributed by atoms with van der Waals surface area (Å²) in [5.74, 6) is -1.82. The molecule has 0 amide bonds. The van der Waals surface area contributed by atoms with Gasteiger partial charge in [0, 0.05) is 41.7 Å². The number of nitro groups is 1. The molecule has 0 saturated carbocycles. The molecule has 0 fully saturated rings. The van der Waals surface area contributed by atoms with Gasteiger partial charge in [0.25, 0.3) is 5.69 Å². The van der Waals surface area contributed by atoms with Crippen LogP contribution in [-0.2, 0) is 14.3 Å². The molecule has 11 nitrogen and oxygen atoms in total. The minimum Gasteiger partial charge on any atom is -0.549 e. The molecule has 2 aromatic rings. The predicted octanol–water partition coefficient (Wildman–Crippen LogP) is 2.02.